The summed E-state index contributed by atoms with van der Waals surface area (Å²) in [7, 11) is 0. The number of hydrogen-bond acceptors (Lipinski definition) is 2. The number of fused-ring (bicyclic) bond motifs is 3. The molecule has 1 aliphatic rings. The molecular formula is C14H14N2O. The van der Waals surface area contributed by atoms with Crippen molar-refractivity contribution in [2.75, 3.05) is 0 Å². The maximum absolute atomic E-state index is 11.6. The maximum atomic E-state index is 11.6. The number of aryl methyl sites for hydroxylation is 1. The van der Waals surface area contributed by atoms with Gasteiger partial charge in [-0.3, -0.25) is 9.36 Å². The van der Waals surface area contributed by atoms with Crippen LogP contribution >= 0.6 is 0 Å². The minimum absolute atomic E-state index is 0.172. The number of imidazole rings is 1. The van der Waals surface area contributed by atoms with Gasteiger partial charge in [-0.15, -0.1) is 0 Å². The first-order chi connectivity index (χ1) is 8.18. The Morgan fingerprint density at radius 1 is 1.29 bits per heavy atom. The van der Waals surface area contributed by atoms with Gasteiger partial charge in [-0.25, -0.2) is 4.98 Å². The van der Waals surface area contributed by atoms with Crippen molar-refractivity contribution in [2.45, 2.75) is 26.7 Å². The normalized spacial score (nSPS) is 15.2. The maximum Gasteiger partial charge on any atom is 0.157 e. The molecule has 3 rings (SSSR count). The summed E-state index contributed by atoms with van der Waals surface area (Å²) in [5.41, 5.74) is 4.07. The van der Waals surface area contributed by atoms with Crippen molar-refractivity contribution in [1.29, 1.82) is 0 Å². The van der Waals surface area contributed by atoms with Crippen LogP contribution in [0.15, 0.2) is 29.8 Å². The van der Waals surface area contributed by atoms with Crippen LogP contribution in [-0.4, -0.2) is 15.3 Å². The van der Waals surface area contributed by atoms with E-state index in [0.717, 1.165) is 41.0 Å². The van der Waals surface area contributed by atoms with Crippen molar-refractivity contribution in [3.63, 3.8) is 0 Å². The number of para-hydroxylation sites is 2. The molecule has 2 aromatic rings. The van der Waals surface area contributed by atoms with Crippen molar-refractivity contribution < 1.29 is 4.79 Å². The van der Waals surface area contributed by atoms with Gasteiger partial charge in [0.15, 0.2) is 5.78 Å². The molecule has 0 unspecified atom stereocenters. The Morgan fingerprint density at radius 2 is 2.06 bits per heavy atom. The predicted octanol–water partition coefficient (Wildman–Crippen LogP) is 2.80. The summed E-state index contributed by atoms with van der Waals surface area (Å²) >= 11 is 0. The van der Waals surface area contributed by atoms with Crippen LogP contribution < -0.4 is 0 Å². The fourth-order valence-electron chi connectivity index (χ4n) is 2.60. The number of carbonyl (C=O) groups excluding carboxylic acids is 1. The molecule has 0 spiro atoms. The van der Waals surface area contributed by atoms with E-state index in [4.69, 9.17) is 0 Å². The molecule has 0 N–H and O–H groups in total. The monoisotopic (exact) mass is 226 g/mol. The molecule has 0 amide bonds. The molecule has 0 aliphatic carbocycles. The van der Waals surface area contributed by atoms with E-state index in [1.807, 2.05) is 25.1 Å². The molecule has 0 radical (unpaired) electrons. The Labute approximate surface area is 99.8 Å². The van der Waals surface area contributed by atoms with Gasteiger partial charge in [0.2, 0.25) is 0 Å². The molecular weight excluding hydrogens is 212 g/mol. The lowest BCUT2D eigenvalue weighted by atomic mass is 10.0. The Morgan fingerprint density at radius 3 is 2.82 bits per heavy atom. The third-order valence-corrected chi connectivity index (χ3v) is 3.43. The quantitative estimate of drug-likeness (QED) is 0.749. The van der Waals surface area contributed by atoms with Gasteiger partial charge in [0, 0.05) is 17.7 Å². The summed E-state index contributed by atoms with van der Waals surface area (Å²) in [6.45, 7) is 3.65. The number of rotatable bonds is 1. The standard InChI is InChI=1S/C14H14N2O/c1-9-11(10(2)17)7-8-14-15-12-5-3-4-6-13(12)16(9)14/h3-6H,7-8H2,1-2H3. The highest BCUT2D eigenvalue weighted by Gasteiger charge is 2.21. The van der Waals surface area contributed by atoms with Crippen LogP contribution in [0.5, 0.6) is 0 Å². The summed E-state index contributed by atoms with van der Waals surface area (Å²) in [6.07, 6.45) is 1.66. The molecule has 0 bridgehead atoms. The number of ketones is 1. The van der Waals surface area contributed by atoms with E-state index in [9.17, 15) is 4.79 Å². The first-order valence-electron chi connectivity index (χ1n) is 5.86. The number of Topliss-reactive ketones (excluding diaryl/α,β-unsaturated/α-hetero) is 1. The zero-order chi connectivity index (χ0) is 12.0. The highest BCUT2D eigenvalue weighted by Crippen LogP contribution is 2.29. The highest BCUT2D eigenvalue weighted by molar-refractivity contribution is 6.00. The highest BCUT2D eigenvalue weighted by atomic mass is 16.1. The summed E-state index contributed by atoms with van der Waals surface area (Å²) in [4.78, 5) is 16.2. The molecule has 2 heterocycles. The SMILES string of the molecule is CC(=O)C1=C(C)n2c(nc3ccccc32)CC1. The van der Waals surface area contributed by atoms with Crippen molar-refractivity contribution >= 4 is 22.5 Å². The van der Waals surface area contributed by atoms with Crippen LogP contribution in [0.2, 0.25) is 0 Å². The summed E-state index contributed by atoms with van der Waals surface area (Å²) < 4.78 is 2.12. The molecule has 1 aromatic carbocycles. The van der Waals surface area contributed by atoms with Crippen LogP contribution in [0.1, 0.15) is 26.1 Å². The van der Waals surface area contributed by atoms with Gasteiger partial charge in [0.1, 0.15) is 5.82 Å². The first-order valence-corrected chi connectivity index (χ1v) is 5.86. The third kappa shape index (κ3) is 1.42. The molecule has 0 saturated carbocycles. The summed E-state index contributed by atoms with van der Waals surface area (Å²) in [5, 5.41) is 0. The summed E-state index contributed by atoms with van der Waals surface area (Å²) in [5.74, 6) is 1.24. The molecule has 86 valence electrons. The minimum Gasteiger partial charge on any atom is -0.300 e. The molecule has 0 saturated heterocycles. The molecule has 0 fully saturated rings. The van der Waals surface area contributed by atoms with Gasteiger partial charge >= 0.3 is 0 Å². The smallest absolute Gasteiger partial charge is 0.157 e. The molecule has 0 atom stereocenters. The molecule has 1 aromatic heterocycles. The zero-order valence-corrected chi connectivity index (χ0v) is 10.0. The molecule has 3 nitrogen and oxygen atoms in total. The second-order valence-electron chi connectivity index (χ2n) is 4.47. The number of carbonyl (C=O) groups is 1. The van der Waals surface area contributed by atoms with Crippen molar-refractivity contribution in [2.24, 2.45) is 0 Å². The lowest BCUT2D eigenvalue weighted by Gasteiger charge is -2.19. The lowest BCUT2D eigenvalue weighted by molar-refractivity contribution is -0.113. The van der Waals surface area contributed by atoms with Gasteiger partial charge in [-0.2, -0.15) is 0 Å². The summed E-state index contributed by atoms with van der Waals surface area (Å²) in [6, 6.07) is 8.07. The van der Waals surface area contributed by atoms with E-state index in [2.05, 4.69) is 15.6 Å². The van der Waals surface area contributed by atoms with Crippen LogP contribution in [0.4, 0.5) is 0 Å². The molecule has 3 heteroatoms. The van der Waals surface area contributed by atoms with Gasteiger partial charge in [0.05, 0.1) is 11.0 Å². The van der Waals surface area contributed by atoms with Crippen LogP contribution in [0.3, 0.4) is 0 Å². The Bertz CT molecular complexity index is 649. The van der Waals surface area contributed by atoms with E-state index in [-0.39, 0.29) is 5.78 Å². The Kier molecular flexibility index (Phi) is 2.15. The van der Waals surface area contributed by atoms with Crippen LogP contribution in [0.25, 0.3) is 16.7 Å². The number of allylic oxidation sites excluding steroid dienone is 2. The van der Waals surface area contributed by atoms with Crippen molar-refractivity contribution in [1.82, 2.24) is 9.55 Å². The zero-order valence-electron chi connectivity index (χ0n) is 10.0. The predicted molar refractivity (Wildman–Crippen MR) is 67.6 cm³/mol. The van der Waals surface area contributed by atoms with E-state index < -0.39 is 0 Å². The van der Waals surface area contributed by atoms with Gasteiger partial charge in [-0.05, 0) is 32.4 Å². The fraction of sp³-hybridized carbons (Fsp3) is 0.286. The average molecular weight is 226 g/mol. The topological polar surface area (TPSA) is 34.9 Å². The number of hydrogen-bond donors (Lipinski definition) is 0. The first kappa shape index (κ1) is 10.3. The minimum atomic E-state index is 0.172. The van der Waals surface area contributed by atoms with Crippen molar-refractivity contribution in [3.05, 3.63) is 35.7 Å². The van der Waals surface area contributed by atoms with E-state index in [1.54, 1.807) is 6.92 Å². The van der Waals surface area contributed by atoms with Crippen molar-refractivity contribution in [3.8, 4) is 0 Å². The van der Waals surface area contributed by atoms with Crippen LogP contribution in [0, 0.1) is 0 Å². The van der Waals surface area contributed by atoms with Gasteiger partial charge in [-0.1, -0.05) is 12.1 Å². The molecule has 1 aliphatic heterocycles. The Hall–Kier alpha value is -1.90. The lowest BCUT2D eigenvalue weighted by Crippen LogP contribution is -2.14. The van der Waals surface area contributed by atoms with E-state index >= 15 is 0 Å². The van der Waals surface area contributed by atoms with E-state index in [1.165, 1.54) is 0 Å². The number of benzene rings is 1. The van der Waals surface area contributed by atoms with Gasteiger partial charge < -0.3 is 0 Å². The van der Waals surface area contributed by atoms with Gasteiger partial charge in [0.25, 0.3) is 0 Å². The largest absolute Gasteiger partial charge is 0.300 e. The van der Waals surface area contributed by atoms with E-state index in [0.29, 0.717) is 0 Å². The number of aromatic nitrogens is 2. The molecule has 17 heavy (non-hydrogen) atoms. The second kappa shape index (κ2) is 3.55. The average Bonchev–Trinajstić information content (AvgIpc) is 2.67. The second-order valence-corrected chi connectivity index (χ2v) is 4.47. The number of nitrogens with zero attached hydrogens (tertiary/aromatic N) is 2. The third-order valence-electron chi connectivity index (χ3n) is 3.43. The fourth-order valence-corrected chi connectivity index (χ4v) is 2.60. The Balaban J connectivity index is 2.34. The van der Waals surface area contributed by atoms with Crippen LogP contribution in [-0.2, 0) is 11.2 Å².